The Balaban J connectivity index is 2.13. The molecule has 0 saturated carbocycles. The Morgan fingerprint density at radius 3 is 3.00 bits per heavy atom. The second kappa shape index (κ2) is 6.89. The maximum absolute atomic E-state index is 14.5. The average Bonchev–Trinajstić information content (AvgIpc) is 2.70. The lowest BCUT2D eigenvalue weighted by molar-refractivity contribution is 0.199. The lowest BCUT2D eigenvalue weighted by Crippen LogP contribution is -2.55. The van der Waals surface area contributed by atoms with Gasteiger partial charge in [0.15, 0.2) is 0 Å². The van der Waals surface area contributed by atoms with Crippen molar-refractivity contribution < 1.29 is 18.8 Å². The van der Waals surface area contributed by atoms with E-state index in [1.165, 1.54) is 6.07 Å². The molecule has 138 valence electrons. The van der Waals surface area contributed by atoms with Crippen LogP contribution in [0.1, 0.15) is 25.3 Å². The summed E-state index contributed by atoms with van der Waals surface area (Å²) in [5, 5.41) is 11.4. The van der Waals surface area contributed by atoms with Crippen LogP contribution in [0.15, 0.2) is 23.2 Å². The molecular formula is C15H20FIN4O3S. The SMILES string of the molecule is C[C@@]1(c2cc(I)ccc2F)CS2(O)NCCCCN2C(NC(=O)O)=N1. The van der Waals surface area contributed by atoms with E-state index >= 15 is 0 Å². The normalized spacial score (nSPS) is 32.0. The van der Waals surface area contributed by atoms with Crippen molar-refractivity contribution in [1.82, 2.24) is 14.3 Å². The van der Waals surface area contributed by atoms with Crippen LogP contribution in [0.25, 0.3) is 0 Å². The minimum absolute atomic E-state index is 0.0615. The highest BCUT2D eigenvalue weighted by atomic mass is 127. The Hall–Kier alpha value is -1.11. The summed E-state index contributed by atoms with van der Waals surface area (Å²) in [6.45, 7) is 2.83. The molecule has 2 aliphatic rings. The third-order valence-corrected chi connectivity index (χ3v) is 7.67. The van der Waals surface area contributed by atoms with Crippen LogP contribution in [0.2, 0.25) is 0 Å². The van der Waals surface area contributed by atoms with E-state index in [9.17, 15) is 13.7 Å². The zero-order valence-corrected chi connectivity index (χ0v) is 16.6. The number of guanidine groups is 1. The molecule has 7 nitrogen and oxygen atoms in total. The molecule has 1 saturated heterocycles. The molecule has 10 heteroatoms. The molecule has 25 heavy (non-hydrogen) atoms. The minimum atomic E-state index is -2.54. The second-order valence-corrected chi connectivity index (χ2v) is 9.88. The van der Waals surface area contributed by atoms with Gasteiger partial charge in [-0.3, -0.25) is 9.62 Å². The number of nitrogens with one attached hydrogen (secondary N) is 2. The van der Waals surface area contributed by atoms with E-state index in [2.05, 4.69) is 37.6 Å². The first-order valence-corrected chi connectivity index (χ1v) is 10.6. The number of rotatable bonds is 1. The smallest absolute Gasteiger partial charge is 0.411 e. The van der Waals surface area contributed by atoms with E-state index in [1.807, 2.05) is 0 Å². The van der Waals surface area contributed by atoms with Crippen molar-refractivity contribution in [2.75, 3.05) is 18.8 Å². The molecule has 3 rings (SSSR count). The van der Waals surface area contributed by atoms with Crippen molar-refractivity contribution in [3.63, 3.8) is 0 Å². The second-order valence-electron chi connectivity index (χ2n) is 6.28. The number of aliphatic imine (C=N–C) groups is 1. The van der Waals surface area contributed by atoms with Gasteiger partial charge < -0.3 is 9.66 Å². The molecule has 0 aliphatic carbocycles. The summed E-state index contributed by atoms with van der Waals surface area (Å²) in [6.07, 6.45) is 0.398. The fourth-order valence-corrected chi connectivity index (χ4v) is 6.35. The van der Waals surface area contributed by atoms with Crippen molar-refractivity contribution in [3.05, 3.63) is 33.1 Å². The number of amides is 1. The van der Waals surface area contributed by atoms with Crippen LogP contribution in [0.4, 0.5) is 9.18 Å². The Morgan fingerprint density at radius 2 is 2.28 bits per heavy atom. The molecule has 2 aliphatic heterocycles. The standard InChI is InChI=1S/C15H20FIN4O3S/c1-15(11-8-10(17)4-5-12(11)16)9-25(24)18-6-2-3-7-21(25)13(20-15)19-14(22)23/h4-5,8,18,24H,2-3,6-7,9H2,1H3,(H,19,20)(H,22,23)/t15-/m0/s1. The molecule has 0 spiro atoms. The van der Waals surface area contributed by atoms with Gasteiger partial charge in [-0.05, 0) is 60.6 Å². The molecule has 2 atom stereocenters. The van der Waals surface area contributed by atoms with Crippen molar-refractivity contribution in [1.29, 1.82) is 0 Å². The zero-order valence-electron chi connectivity index (χ0n) is 13.6. The number of hydrogen-bond acceptors (Lipinski definition) is 5. The third kappa shape index (κ3) is 3.71. The van der Waals surface area contributed by atoms with Crippen molar-refractivity contribution in [3.8, 4) is 0 Å². The van der Waals surface area contributed by atoms with Gasteiger partial charge in [0.25, 0.3) is 0 Å². The van der Waals surface area contributed by atoms with Gasteiger partial charge in [-0.1, -0.05) is 0 Å². The van der Waals surface area contributed by atoms with Gasteiger partial charge >= 0.3 is 6.09 Å². The van der Waals surface area contributed by atoms with Crippen LogP contribution in [-0.2, 0) is 5.54 Å². The first-order valence-electron chi connectivity index (χ1n) is 7.85. The summed E-state index contributed by atoms with van der Waals surface area (Å²) in [5.41, 5.74) is -0.739. The van der Waals surface area contributed by atoms with E-state index in [1.54, 1.807) is 23.4 Å². The molecule has 1 amide bonds. The largest absolute Gasteiger partial charge is 0.465 e. The number of benzene rings is 1. The maximum Gasteiger partial charge on any atom is 0.411 e. The quantitative estimate of drug-likeness (QED) is 0.462. The molecule has 2 heterocycles. The predicted molar refractivity (Wildman–Crippen MR) is 104 cm³/mol. The van der Waals surface area contributed by atoms with Gasteiger partial charge in [0.1, 0.15) is 11.4 Å². The molecule has 1 fully saturated rings. The molecule has 0 radical (unpaired) electrons. The van der Waals surface area contributed by atoms with E-state index < -0.39 is 28.1 Å². The van der Waals surface area contributed by atoms with Gasteiger partial charge in [0, 0.05) is 32.9 Å². The average molecular weight is 482 g/mol. The lowest BCUT2D eigenvalue weighted by Gasteiger charge is -2.51. The van der Waals surface area contributed by atoms with Crippen LogP contribution < -0.4 is 10.0 Å². The molecule has 4 N–H and O–H groups in total. The predicted octanol–water partition coefficient (Wildman–Crippen LogP) is 3.08. The highest BCUT2D eigenvalue weighted by Gasteiger charge is 2.47. The Kier molecular flexibility index (Phi) is 5.15. The van der Waals surface area contributed by atoms with E-state index in [0.717, 1.165) is 16.4 Å². The van der Waals surface area contributed by atoms with Crippen molar-refractivity contribution in [2.24, 2.45) is 4.99 Å². The fraction of sp³-hybridized carbons (Fsp3) is 0.467. The highest BCUT2D eigenvalue weighted by molar-refractivity contribution is 14.1. The molecule has 1 aromatic carbocycles. The topological polar surface area (TPSA) is 97.2 Å². The Labute approximate surface area is 160 Å². The molecule has 1 aromatic rings. The van der Waals surface area contributed by atoms with Gasteiger partial charge in [-0.2, -0.15) is 0 Å². The third-order valence-electron chi connectivity index (χ3n) is 4.28. The first kappa shape index (κ1) is 18.7. The lowest BCUT2D eigenvalue weighted by atomic mass is 9.94. The van der Waals surface area contributed by atoms with Crippen LogP contribution in [0.3, 0.4) is 0 Å². The number of fused-ring (bicyclic) bond motifs is 1. The monoisotopic (exact) mass is 482 g/mol. The van der Waals surface area contributed by atoms with E-state index in [0.29, 0.717) is 18.7 Å². The van der Waals surface area contributed by atoms with Gasteiger partial charge in [0.05, 0.1) is 5.75 Å². The number of nitrogens with zero attached hydrogens (tertiary/aromatic N) is 2. The van der Waals surface area contributed by atoms with Crippen LogP contribution >= 0.6 is 33.3 Å². The highest BCUT2D eigenvalue weighted by Crippen LogP contribution is 2.53. The first-order chi connectivity index (χ1) is 11.7. The molecule has 0 bridgehead atoms. The number of carbonyl (C=O) groups is 1. The van der Waals surface area contributed by atoms with Crippen LogP contribution in [-0.4, -0.2) is 44.9 Å². The van der Waals surface area contributed by atoms with Gasteiger partial charge in [0.2, 0.25) is 5.96 Å². The summed E-state index contributed by atoms with van der Waals surface area (Å²) < 4.78 is 31.4. The summed E-state index contributed by atoms with van der Waals surface area (Å²) in [4.78, 5) is 15.7. The summed E-state index contributed by atoms with van der Waals surface area (Å²) in [7, 11) is -2.54. The van der Waals surface area contributed by atoms with Crippen LogP contribution in [0, 0.1) is 9.39 Å². The van der Waals surface area contributed by atoms with Crippen LogP contribution in [0.5, 0.6) is 0 Å². The van der Waals surface area contributed by atoms with E-state index in [-0.39, 0.29) is 11.7 Å². The zero-order chi connectivity index (χ0) is 18.2. The Bertz CT molecular complexity index is 737. The van der Waals surface area contributed by atoms with Crippen molar-refractivity contribution >= 4 is 45.3 Å². The summed E-state index contributed by atoms with van der Waals surface area (Å²) in [5.74, 6) is -0.181. The number of carboxylic acid groups (broad SMARTS) is 1. The number of hydrogen-bond donors (Lipinski definition) is 4. The van der Waals surface area contributed by atoms with Gasteiger partial charge in [-0.15, -0.1) is 0 Å². The molecule has 1 unspecified atom stereocenters. The molecule has 0 aromatic heterocycles. The fourth-order valence-electron chi connectivity index (χ4n) is 3.17. The van der Waals surface area contributed by atoms with Crippen molar-refractivity contribution in [2.45, 2.75) is 25.3 Å². The van der Waals surface area contributed by atoms with E-state index in [4.69, 9.17) is 5.11 Å². The van der Waals surface area contributed by atoms with Gasteiger partial charge in [-0.25, -0.2) is 18.9 Å². The molecular weight excluding hydrogens is 462 g/mol. The Morgan fingerprint density at radius 1 is 1.52 bits per heavy atom. The minimum Gasteiger partial charge on any atom is -0.465 e. The summed E-state index contributed by atoms with van der Waals surface area (Å²) in [6, 6.07) is 4.71. The number of halogens is 2. The summed E-state index contributed by atoms with van der Waals surface area (Å²) >= 11 is 2.09. The maximum atomic E-state index is 14.5.